The molecule has 0 unspecified atom stereocenters. The monoisotopic (exact) mass is 341 g/mol. The molecule has 0 amide bonds. The van der Waals surface area contributed by atoms with Crippen molar-refractivity contribution in [2.75, 3.05) is 26.7 Å². The zero-order chi connectivity index (χ0) is 14.0. The molecule has 1 atom stereocenters. The molecule has 0 aliphatic carbocycles. The number of sulfonamides is 1. The highest BCUT2D eigenvalue weighted by Gasteiger charge is 2.35. The van der Waals surface area contributed by atoms with Gasteiger partial charge >= 0.3 is 5.97 Å². The van der Waals surface area contributed by atoms with Gasteiger partial charge in [0.05, 0.1) is 12.6 Å². The van der Waals surface area contributed by atoms with E-state index < -0.39 is 16.0 Å². The van der Waals surface area contributed by atoms with E-state index in [0.717, 1.165) is 11.3 Å². The van der Waals surface area contributed by atoms with Crippen molar-refractivity contribution in [2.24, 2.45) is 0 Å². The molecule has 1 saturated heterocycles. The van der Waals surface area contributed by atoms with Crippen molar-refractivity contribution in [3.63, 3.8) is 0 Å². The number of ether oxygens (including phenoxy) is 1. The molecule has 1 aromatic rings. The molecule has 1 N–H and O–H groups in total. The Balaban J connectivity index is 0.00000200. The topological polar surface area (TPSA) is 88.6 Å². The van der Waals surface area contributed by atoms with Gasteiger partial charge in [0.15, 0.2) is 9.90 Å². The van der Waals surface area contributed by atoms with Gasteiger partial charge in [-0.3, -0.25) is 0 Å². The summed E-state index contributed by atoms with van der Waals surface area (Å²) in [5.41, 5.74) is 1.20. The van der Waals surface area contributed by atoms with Gasteiger partial charge in [0.25, 0.3) is 10.0 Å². The van der Waals surface area contributed by atoms with Crippen LogP contribution in [0.25, 0.3) is 0 Å². The van der Waals surface area contributed by atoms with Crippen LogP contribution in [0.4, 0.5) is 0 Å². The fraction of sp³-hybridized carbons (Fsp3) is 0.600. The molecule has 0 spiro atoms. The summed E-state index contributed by atoms with van der Waals surface area (Å²) in [7, 11) is -2.51. The Labute approximate surface area is 127 Å². The summed E-state index contributed by atoms with van der Waals surface area (Å²) < 4.78 is 31.0. The summed E-state index contributed by atoms with van der Waals surface area (Å²) in [4.78, 5) is 15.3. The number of piperazine rings is 1. The number of nitrogens with one attached hydrogen (secondary N) is 1. The van der Waals surface area contributed by atoms with Crippen LogP contribution < -0.4 is 5.32 Å². The third-order valence-corrected chi connectivity index (χ3v) is 6.26. The molecule has 2 heterocycles. The van der Waals surface area contributed by atoms with Crippen molar-refractivity contribution in [1.29, 1.82) is 0 Å². The quantitative estimate of drug-likeness (QED) is 0.797. The fourth-order valence-electron chi connectivity index (χ4n) is 1.94. The second-order valence-electron chi connectivity index (χ2n) is 4.15. The lowest BCUT2D eigenvalue weighted by molar-refractivity contribution is 0.0590. The number of thiazole rings is 1. The van der Waals surface area contributed by atoms with Gasteiger partial charge in [-0.15, -0.1) is 23.7 Å². The van der Waals surface area contributed by atoms with E-state index in [1.54, 1.807) is 0 Å². The number of methoxy groups -OCH3 is 1. The van der Waals surface area contributed by atoms with Crippen LogP contribution in [0.3, 0.4) is 0 Å². The van der Waals surface area contributed by atoms with Gasteiger partial charge < -0.3 is 10.1 Å². The van der Waals surface area contributed by atoms with Gasteiger partial charge in [-0.25, -0.2) is 18.2 Å². The molecule has 20 heavy (non-hydrogen) atoms. The minimum absolute atomic E-state index is 0. The molecule has 0 bridgehead atoms. The number of nitrogens with zero attached hydrogens (tertiary/aromatic N) is 2. The molecule has 1 aliphatic heterocycles. The highest BCUT2D eigenvalue weighted by molar-refractivity contribution is 7.91. The highest BCUT2D eigenvalue weighted by atomic mass is 35.5. The predicted molar refractivity (Wildman–Crippen MR) is 76.9 cm³/mol. The normalized spacial score (nSPS) is 20.2. The lowest BCUT2D eigenvalue weighted by atomic mass is 10.3. The van der Waals surface area contributed by atoms with Crippen molar-refractivity contribution in [2.45, 2.75) is 17.2 Å². The smallest absolute Gasteiger partial charge is 0.358 e. The van der Waals surface area contributed by atoms with E-state index in [-0.39, 0.29) is 28.4 Å². The van der Waals surface area contributed by atoms with E-state index in [1.807, 2.05) is 6.92 Å². The van der Waals surface area contributed by atoms with Gasteiger partial charge in [0, 0.05) is 25.7 Å². The lowest BCUT2D eigenvalue weighted by Gasteiger charge is -2.32. The highest BCUT2D eigenvalue weighted by Crippen LogP contribution is 2.26. The second kappa shape index (κ2) is 6.81. The summed E-state index contributed by atoms with van der Waals surface area (Å²) in [6.07, 6.45) is 0. The van der Waals surface area contributed by atoms with Crippen LogP contribution in [0.2, 0.25) is 0 Å². The molecule has 0 saturated carbocycles. The second-order valence-corrected chi connectivity index (χ2v) is 7.09. The van der Waals surface area contributed by atoms with E-state index in [2.05, 4.69) is 15.0 Å². The zero-order valence-electron chi connectivity index (χ0n) is 11.0. The summed E-state index contributed by atoms with van der Waals surface area (Å²) in [6.45, 7) is 3.38. The van der Waals surface area contributed by atoms with E-state index in [0.29, 0.717) is 19.6 Å². The van der Waals surface area contributed by atoms with Gasteiger partial charge in [0.2, 0.25) is 0 Å². The standard InChI is InChI=1S/C10H15N3O4S2.ClH/c1-7-5-11-3-4-13(7)19(15,16)10-8(9(14)17-2)12-6-18-10;/h6-7,11H,3-5H2,1-2H3;1H/t7-;/m1./s1. The average molecular weight is 342 g/mol. The SMILES string of the molecule is COC(=O)c1ncsc1S(=O)(=O)N1CCNC[C@H]1C.Cl. The van der Waals surface area contributed by atoms with Crippen molar-refractivity contribution in [3.8, 4) is 0 Å². The first-order valence-electron chi connectivity index (χ1n) is 5.73. The van der Waals surface area contributed by atoms with Crippen molar-refractivity contribution in [3.05, 3.63) is 11.2 Å². The summed E-state index contributed by atoms with van der Waals surface area (Å²) >= 11 is 0.934. The lowest BCUT2D eigenvalue weighted by Crippen LogP contribution is -2.52. The number of rotatable bonds is 3. The third-order valence-electron chi connectivity index (χ3n) is 2.90. The summed E-state index contributed by atoms with van der Waals surface area (Å²) in [5, 5.41) is 3.12. The van der Waals surface area contributed by atoms with Crippen LogP contribution in [-0.2, 0) is 14.8 Å². The Morgan fingerprint density at radius 3 is 2.90 bits per heavy atom. The first kappa shape index (κ1) is 17.3. The van der Waals surface area contributed by atoms with Crippen LogP contribution in [-0.4, -0.2) is 56.5 Å². The molecule has 2 rings (SSSR count). The molecule has 10 heteroatoms. The van der Waals surface area contributed by atoms with Crippen LogP contribution in [0.5, 0.6) is 0 Å². The van der Waals surface area contributed by atoms with Crippen molar-refractivity contribution in [1.82, 2.24) is 14.6 Å². The molecular weight excluding hydrogens is 326 g/mol. The number of carbonyl (C=O) groups excluding carboxylic acids is 1. The van der Waals surface area contributed by atoms with Crippen molar-refractivity contribution >= 4 is 39.7 Å². The fourth-order valence-corrected chi connectivity index (χ4v) is 4.81. The molecule has 7 nitrogen and oxygen atoms in total. The van der Waals surface area contributed by atoms with Crippen LogP contribution in [0.1, 0.15) is 17.4 Å². The minimum Gasteiger partial charge on any atom is -0.464 e. The number of carbonyl (C=O) groups is 1. The zero-order valence-corrected chi connectivity index (χ0v) is 13.5. The Kier molecular flexibility index (Phi) is 5.90. The minimum atomic E-state index is -3.71. The van der Waals surface area contributed by atoms with Crippen LogP contribution in [0, 0.1) is 0 Å². The molecule has 114 valence electrons. The van der Waals surface area contributed by atoms with Gasteiger partial charge in [-0.05, 0) is 6.92 Å². The van der Waals surface area contributed by atoms with Gasteiger partial charge in [-0.1, -0.05) is 0 Å². The largest absolute Gasteiger partial charge is 0.464 e. The number of esters is 1. The number of hydrogen-bond donors (Lipinski definition) is 1. The maximum Gasteiger partial charge on any atom is 0.358 e. The van der Waals surface area contributed by atoms with Crippen LogP contribution >= 0.6 is 23.7 Å². The first-order valence-corrected chi connectivity index (χ1v) is 8.05. The number of hydrogen-bond acceptors (Lipinski definition) is 7. The summed E-state index contributed by atoms with van der Waals surface area (Å²) in [6, 6.07) is -0.161. The Bertz CT molecular complexity index is 575. The molecule has 1 aromatic heterocycles. The van der Waals surface area contributed by atoms with E-state index in [4.69, 9.17) is 0 Å². The van der Waals surface area contributed by atoms with Gasteiger partial charge in [-0.2, -0.15) is 4.31 Å². The number of aromatic nitrogens is 1. The maximum atomic E-state index is 12.6. The Hall–Kier alpha value is -0.740. The maximum absolute atomic E-state index is 12.6. The van der Waals surface area contributed by atoms with Crippen LogP contribution in [0.15, 0.2) is 9.72 Å². The molecule has 0 radical (unpaired) electrons. The first-order chi connectivity index (χ1) is 8.98. The third kappa shape index (κ3) is 3.12. The molecule has 1 fully saturated rings. The Morgan fingerprint density at radius 2 is 2.30 bits per heavy atom. The average Bonchev–Trinajstić information content (AvgIpc) is 2.88. The predicted octanol–water partition coefficient (Wildman–Crippen LogP) is 0.334. The number of halogens is 1. The van der Waals surface area contributed by atoms with E-state index in [9.17, 15) is 13.2 Å². The molecule has 1 aliphatic rings. The van der Waals surface area contributed by atoms with E-state index >= 15 is 0 Å². The Morgan fingerprint density at radius 1 is 1.60 bits per heavy atom. The molecular formula is C10H16ClN3O4S2. The summed E-state index contributed by atoms with van der Waals surface area (Å²) in [5.74, 6) is -0.734. The van der Waals surface area contributed by atoms with E-state index in [1.165, 1.54) is 16.9 Å². The van der Waals surface area contributed by atoms with Gasteiger partial charge in [0.1, 0.15) is 0 Å². The van der Waals surface area contributed by atoms with Crippen molar-refractivity contribution < 1.29 is 17.9 Å². The molecule has 0 aromatic carbocycles.